The molecule has 26 valence electrons. The van der Waals surface area contributed by atoms with E-state index in [9.17, 15) is 0 Å². The molecule has 5 heteroatoms. The summed E-state index contributed by atoms with van der Waals surface area (Å²) >= 11 is 0.0250. The van der Waals surface area contributed by atoms with Crippen molar-refractivity contribution in [3.05, 3.63) is 0 Å². The van der Waals surface area contributed by atoms with Gasteiger partial charge in [-0.15, -0.1) is 0 Å². The van der Waals surface area contributed by atoms with Gasteiger partial charge in [0.15, 0.2) is 0 Å². The summed E-state index contributed by atoms with van der Waals surface area (Å²) in [5.41, 5.74) is 0. The van der Waals surface area contributed by atoms with Gasteiger partial charge in [-0.1, -0.05) is 0 Å². The molecule has 0 radical (unpaired) electrons. The summed E-state index contributed by atoms with van der Waals surface area (Å²) in [6.07, 6.45) is 0. The molecule has 0 saturated carbocycles. The quantitative estimate of drug-likeness (QED) is 0.455. The van der Waals surface area contributed by atoms with Crippen LogP contribution in [0.25, 0.3) is 0 Å². The summed E-state index contributed by atoms with van der Waals surface area (Å²) in [5.74, 6) is 0. The van der Waals surface area contributed by atoms with E-state index in [0.29, 0.717) is 0 Å². The Hall–Kier alpha value is 1.74. The molecular formula is H5Ga2InO2. The second kappa shape index (κ2) is 42.5. The van der Waals surface area contributed by atoms with Crippen molar-refractivity contribution in [2.75, 3.05) is 0 Å². The second-order valence-corrected chi connectivity index (χ2v) is 0. The number of hydrogen-bond donors (Lipinski definition) is 0. The molecule has 0 spiro atoms. The molecule has 0 aliphatic heterocycles. The zero-order valence-electron chi connectivity index (χ0n) is 2.23. The molecular weight excluding hydrogens is 286 g/mol. The Morgan fingerprint density at radius 2 is 1.20 bits per heavy atom. The van der Waals surface area contributed by atoms with Crippen LogP contribution in [0.1, 0.15) is 0 Å². The molecule has 0 N–H and O–H groups in total. The van der Waals surface area contributed by atoms with Gasteiger partial charge in [0.25, 0.3) is 0 Å². The Kier molecular flexibility index (Phi) is 135. The van der Waals surface area contributed by atoms with Crippen molar-refractivity contribution in [3.8, 4) is 0 Å². The number of hydrogen-bond acceptors (Lipinski definition) is 2. The molecule has 0 aliphatic carbocycles. The van der Waals surface area contributed by atoms with Crippen LogP contribution in [0, 0.1) is 0 Å². The topological polar surface area (TPSA) is 34.1 Å². The Labute approximate surface area is 68.3 Å². The molecule has 0 heterocycles. The average Bonchev–Trinajstić information content (AvgIpc) is 1.50. The summed E-state index contributed by atoms with van der Waals surface area (Å²) in [6.45, 7) is 0. The maximum atomic E-state index is 8.42. The molecule has 0 unspecified atom stereocenters. The minimum atomic E-state index is -0.1000. The second-order valence-electron chi connectivity index (χ2n) is 0. The van der Waals surface area contributed by atoms with Gasteiger partial charge in [-0.05, 0) is 0 Å². The van der Waals surface area contributed by atoms with Crippen LogP contribution in [0.15, 0.2) is 0 Å². The van der Waals surface area contributed by atoms with E-state index < -0.39 is 0 Å². The predicted octanol–water partition coefficient (Wildman–Crippen LogP) is -2.72. The zero-order chi connectivity index (χ0) is 4.00. The monoisotopic (exact) mass is 290 g/mol. The molecule has 0 atom stereocenters. The van der Waals surface area contributed by atoms with Crippen molar-refractivity contribution >= 4 is 62.7 Å². The van der Waals surface area contributed by atoms with Crippen LogP contribution in [0.4, 0.5) is 0 Å². The first-order chi connectivity index (χ1) is 2.00. The summed E-state index contributed by atoms with van der Waals surface area (Å²) in [7, 11) is 0. The van der Waals surface area contributed by atoms with Crippen LogP contribution in [0.3, 0.4) is 0 Å². The minimum absolute atomic E-state index is 0. The molecule has 0 amide bonds. The first-order valence-corrected chi connectivity index (χ1v) is 3.44. The Morgan fingerprint density at radius 3 is 1.20 bits per heavy atom. The van der Waals surface area contributed by atoms with Crippen molar-refractivity contribution in [1.82, 2.24) is 0 Å². The van der Waals surface area contributed by atoms with Crippen molar-refractivity contribution in [2.45, 2.75) is 0 Å². The maximum absolute atomic E-state index is 8.42. The van der Waals surface area contributed by atoms with Crippen LogP contribution in [0.2, 0.25) is 0 Å². The van der Waals surface area contributed by atoms with E-state index in [1.165, 1.54) is 0 Å². The third-order valence-electron chi connectivity index (χ3n) is 0. The SMILES string of the molecule is [GaH3].[O]=[GaH].[O]=[InH]. The van der Waals surface area contributed by atoms with Crippen LogP contribution < -0.4 is 0 Å². The van der Waals surface area contributed by atoms with Gasteiger partial charge in [-0.2, -0.15) is 0 Å². The van der Waals surface area contributed by atoms with E-state index in [1.807, 2.05) is 0 Å². The molecule has 0 bridgehead atoms. The van der Waals surface area contributed by atoms with E-state index >= 15 is 0 Å². The van der Waals surface area contributed by atoms with Crippen LogP contribution in [-0.4, -0.2) is 62.7 Å². The Bertz CT molecular complexity index is 9.61. The molecule has 0 aromatic heterocycles. The molecule has 0 fully saturated rings. The van der Waals surface area contributed by atoms with E-state index in [4.69, 9.17) is 6.39 Å². The van der Waals surface area contributed by atoms with Crippen molar-refractivity contribution in [2.24, 2.45) is 0 Å². The molecule has 0 aliphatic rings. The van der Waals surface area contributed by atoms with Gasteiger partial charge in [0, 0.05) is 0 Å². The van der Waals surface area contributed by atoms with Gasteiger partial charge in [0.05, 0.1) is 0 Å². The summed E-state index contributed by atoms with van der Waals surface area (Å²) in [6, 6.07) is 0. The van der Waals surface area contributed by atoms with Gasteiger partial charge in [-0.3, -0.25) is 0 Å². The standard InChI is InChI=1S/2Ga.In.2O.5H. The van der Waals surface area contributed by atoms with E-state index in [0.717, 1.165) is 0 Å². The normalized spacial score (nSPS) is 1.20. The molecule has 0 rings (SSSR count). The van der Waals surface area contributed by atoms with E-state index in [1.54, 1.807) is 0 Å². The molecule has 0 aromatic rings. The average molecular weight is 291 g/mol. The first kappa shape index (κ1) is 15.9. The van der Waals surface area contributed by atoms with Crippen LogP contribution >= 0.6 is 0 Å². The fourth-order valence-electron chi connectivity index (χ4n) is 0. The first-order valence-electron chi connectivity index (χ1n) is 0.577. The fraction of sp³-hybridized carbons (Fsp3) is 0. The van der Waals surface area contributed by atoms with E-state index in [-0.39, 0.29) is 62.7 Å². The molecule has 0 aromatic carbocycles. The molecule has 0 saturated heterocycles. The van der Waals surface area contributed by atoms with Gasteiger partial charge in [0.1, 0.15) is 0 Å². The van der Waals surface area contributed by atoms with Gasteiger partial charge < -0.3 is 0 Å². The predicted molar refractivity (Wildman–Crippen MR) is 25.6 cm³/mol. The summed E-state index contributed by atoms with van der Waals surface area (Å²) in [4.78, 5) is 0. The fourth-order valence-corrected chi connectivity index (χ4v) is 0. The van der Waals surface area contributed by atoms with Crippen molar-refractivity contribution in [3.63, 3.8) is 0 Å². The molecule has 2 nitrogen and oxygen atoms in total. The number of rotatable bonds is 0. The molecule has 5 heavy (non-hydrogen) atoms. The van der Waals surface area contributed by atoms with Crippen molar-refractivity contribution < 1.29 is 6.39 Å². The Balaban J connectivity index is -0.0000000133. The van der Waals surface area contributed by atoms with E-state index in [2.05, 4.69) is 0 Å². The summed E-state index contributed by atoms with van der Waals surface area (Å²) in [5, 5.41) is 0. The van der Waals surface area contributed by atoms with Crippen LogP contribution in [-0.2, 0) is 6.39 Å². The zero-order valence-corrected chi connectivity index (χ0v) is 9.23. The van der Waals surface area contributed by atoms with Gasteiger partial charge in [0.2, 0.25) is 0 Å². The van der Waals surface area contributed by atoms with Crippen LogP contribution in [0.5, 0.6) is 0 Å². The Morgan fingerprint density at radius 1 is 1.20 bits per heavy atom. The third-order valence-corrected chi connectivity index (χ3v) is 0. The van der Waals surface area contributed by atoms with Crippen molar-refractivity contribution in [1.29, 1.82) is 0 Å². The van der Waals surface area contributed by atoms with Gasteiger partial charge in [-0.25, -0.2) is 0 Å². The summed E-state index contributed by atoms with van der Waals surface area (Å²) < 4.78 is 16.8. The van der Waals surface area contributed by atoms with Gasteiger partial charge >= 0.3 is 69.1 Å². The third kappa shape index (κ3) is 26.5.